The average molecular weight is 788 g/mol. The van der Waals surface area contributed by atoms with E-state index in [9.17, 15) is 16.4 Å². The predicted molar refractivity (Wildman–Crippen MR) is 261 cm³/mol. The molecule has 1 heteroatoms. The fraction of sp³-hybridized carbons (Fsp3) is 0. The Hall–Kier alpha value is -8.00. The molecule has 0 spiro atoms. The van der Waals surface area contributed by atoms with Crippen LogP contribution in [0.25, 0.3) is 88.0 Å². The number of hydrogen-bond acceptors (Lipinski definition) is 1. The van der Waals surface area contributed by atoms with Crippen molar-refractivity contribution in [1.29, 1.82) is 0 Å². The smallest absolute Gasteiger partial charge is 0.0645 e. The van der Waals surface area contributed by atoms with Crippen molar-refractivity contribution in [2.24, 2.45) is 0 Å². The predicted octanol–water partition coefficient (Wildman–Crippen LogP) is 17.0. The van der Waals surface area contributed by atoms with Gasteiger partial charge in [-0.1, -0.05) is 212 Å². The monoisotopic (exact) mass is 787 g/mol. The standard InChI is InChI=1S/C60H41N/c1-2-12-46(13-3-1)59-41-34-47-16-6-9-21-58(47)60(59)50-32-39-53(40-33-50)61(52-37-30-49(31-38-52)57-23-11-18-45-15-5-8-20-55(45)57)51-35-28-43(29-36-51)42-24-26-48(27-25-42)56-22-10-17-44-14-4-7-19-54(44)56/h1-41H/i28D,29D,30D,31D,32D,33D,35D,36D,37D,38D,39D,40D. The minimum Gasteiger partial charge on any atom is -0.311 e. The number of hydrogen-bond donors (Lipinski definition) is 0. The van der Waals surface area contributed by atoms with Gasteiger partial charge in [0.2, 0.25) is 0 Å². The molecule has 11 rings (SSSR count). The van der Waals surface area contributed by atoms with Crippen LogP contribution in [0.3, 0.4) is 0 Å². The van der Waals surface area contributed by atoms with Crippen molar-refractivity contribution >= 4 is 49.4 Å². The van der Waals surface area contributed by atoms with Gasteiger partial charge in [0.05, 0.1) is 16.4 Å². The van der Waals surface area contributed by atoms with E-state index < -0.39 is 89.6 Å². The van der Waals surface area contributed by atoms with Crippen LogP contribution in [0.4, 0.5) is 17.1 Å². The molecule has 0 atom stereocenters. The molecule has 11 aromatic carbocycles. The minimum absolute atomic E-state index is 0.0448. The molecule has 0 aliphatic rings. The van der Waals surface area contributed by atoms with E-state index in [2.05, 4.69) is 0 Å². The molecule has 11 aromatic rings. The molecule has 0 saturated carbocycles. The van der Waals surface area contributed by atoms with Gasteiger partial charge in [-0.15, -0.1) is 0 Å². The van der Waals surface area contributed by atoms with Gasteiger partial charge in [0.15, 0.2) is 0 Å². The van der Waals surface area contributed by atoms with Crippen LogP contribution >= 0.6 is 0 Å². The van der Waals surface area contributed by atoms with Crippen molar-refractivity contribution in [2.45, 2.75) is 0 Å². The van der Waals surface area contributed by atoms with E-state index in [1.54, 1.807) is 30.3 Å². The first-order valence-corrected chi connectivity index (χ1v) is 20.0. The third-order valence-electron chi connectivity index (χ3n) is 11.1. The quantitative estimate of drug-likeness (QED) is 0.148. The first kappa shape index (κ1) is 25.5. The lowest BCUT2D eigenvalue weighted by molar-refractivity contribution is 1.28. The van der Waals surface area contributed by atoms with Crippen molar-refractivity contribution in [2.75, 3.05) is 4.90 Å². The van der Waals surface area contributed by atoms with Crippen LogP contribution in [0, 0.1) is 0 Å². The Bertz CT molecular complexity index is 3970. The summed E-state index contributed by atoms with van der Waals surface area (Å²) in [5.74, 6) is 0. The van der Waals surface area contributed by atoms with E-state index in [4.69, 9.17) is 0 Å². The van der Waals surface area contributed by atoms with E-state index in [-0.39, 0.29) is 16.7 Å². The summed E-state index contributed by atoms with van der Waals surface area (Å²) < 4.78 is 116. The Labute approximate surface area is 373 Å². The Morgan fingerprint density at radius 3 is 1.23 bits per heavy atom. The molecule has 0 saturated heterocycles. The molecular weight excluding hydrogens is 735 g/mol. The van der Waals surface area contributed by atoms with Crippen LogP contribution in [-0.4, -0.2) is 0 Å². The molecule has 1 nitrogen and oxygen atoms in total. The van der Waals surface area contributed by atoms with E-state index in [0.29, 0.717) is 33.0 Å². The number of fused-ring (bicyclic) bond motifs is 3. The van der Waals surface area contributed by atoms with Crippen LogP contribution < -0.4 is 4.90 Å². The summed E-state index contributed by atoms with van der Waals surface area (Å²) in [6.45, 7) is 0. The van der Waals surface area contributed by atoms with Gasteiger partial charge in [-0.2, -0.15) is 0 Å². The zero-order valence-electron chi connectivity index (χ0n) is 44.7. The van der Waals surface area contributed by atoms with Gasteiger partial charge in [0.25, 0.3) is 0 Å². The second-order valence-electron chi connectivity index (χ2n) is 14.7. The van der Waals surface area contributed by atoms with E-state index in [1.807, 2.05) is 146 Å². The zero-order chi connectivity index (χ0) is 51.0. The Balaban J connectivity index is 1.17. The zero-order valence-corrected chi connectivity index (χ0v) is 32.7. The Morgan fingerprint density at radius 1 is 0.246 bits per heavy atom. The van der Waals surface area contributed by atoms with Gasteiger partial charge in [-0.05, 0) is 124 Å². The minimum atomic E-state index is -0.678. The van der Waals surface area contributed by atoms with Gasteiger partial charge in [-0.3, -0.25) is 0 Å². The molecule has 0 fully saturated rings. The largest absolute Gasteiger partial charge is 0.311 e. The molecule has 0 heterocycles. The maximum absolute atomic E-state index is 9.85. The van der Waals surface area contributed by atoms with Gasteiger partial charge in [0.1, 0.15) is 0 Å². The van der Waals surface area contributed by atoms with Gasteiger partial charge < -0.3 is 4.90 Å². The van der Waals surface area contributed by atoms with Gasteiger partial charge in [-0.25, -0.2) is 0 Å². The van der Waals surface area contributed by atoms with Gasteiger partial charge >= 0.3 is 0 Å². The first-order chi connectivity index (χ1) is 35.3. The first-order valence-electron chi connectivity index (χ1n) is 26.0. The lowest BCUT2D eigenvalue weighted by atomic mass is 9.89. The number of benzene rings is 11. The maximum Gasteiger partial charge on any atom is 0.0645 e. The van der Waals surface area contributed by atoms with E-state index in [0.717, 1.165) is 43.1 Å². The molecule has 0 aliphatic carbocycles. The molecular formula is C60H41N. The van der Waals surface area contributed by atoms with E-state index >= 15 is 0 Å². The van der Waals surface area contributed by atoms with Crippen molar-refractivity contribution in [3.8, 4) is 55.6 Å². The van der Waals surface area contributed by atoms with Crippen molar-refractivity contribution in [3.63, 3.8) is 0 Å². The normalized spacial score (nSPS) is 14.0. The van der Waals surface area contributed by atoms with Crippen LogP contribution in [-0.2, 0) is 0 Å². The summed E-state index contributed by atoms with van der Waals surface area (Å²) in [4.78, 5) is 0.869. The highest BCUT2D eigenvalue weighted by Gasteiger charge is 2.17. The summed E-state index contributed by atoms with van der Waals surface area (Å²) in [5.41, 5.74) is 2.48. The molecule has 0 radical (unpaired) electrons. The molecule has 61 heavy (non-hydrogen) atoms. The summed E-state index contributed by atoms with van der Waals surface area (Å²) in [5, 5.41) is 4.96. The van der Waals surface area contributed by atoms with Crippen LogP contribution in [0.5, 0.6) is 0 Å². The Kier molecular flexibility index (Phi) is 6.53. The number of rotatable bonds is 8. The summed E-state index contributed by atoms with van der Waals surface area (Å²) in [6.07, 6.45) is 0. The highest BCUT2D eigenvalue weighted by Crippen LogP contribution is 2.42. The molecule has 0 unspecified atom stereocenters. The lowest BCUT2D eigenvalue weighted by Gasteiger charge is -2.26. The third-order valence-corrected chi connectivity index (χ3v) is 11.1. The van der Waals surface area contributed by atoms with Crippen molar-refractivity contribution in [1.82, 2.24) is 0 Å². The Morgan fingerprint density at radius 2 is 0.656 bits per heavy atom. The second-order valence-corrected chi connectivity index (χ2v) is 14.7. The topological polar surface area (TPSA) is 3.24 Å². The summed E-state index contributed by atoms with van der Waals surface area (Å²) in [6, 6.07) is 47.1. The molecule has 286 valence electrons. The fourth-order valence-corrected chi connectivity index (χ4v) is 8.13. The molecule has 0 aromatic heterocycles. The highest BCUT2D eigenvalue weighted by atomic mass is 15.1. The van der Waals surface area contributed by atoms with E-state index in [1.165, 1.54) is 0 Å². The van der Waals surface area contributed by atoms with Gasteiger partial charge in [0, 0.05) is 17.1 Å². The second kappa shape index (κ2) is 15.6. The van der Waals surface area contributed by atoms with Crippen LogP contribution in [0.15, 0.2) is 248 Å². The fourth-order valence-electron chi connectivity index (χ4n) is 8.13. The maximum atomic E-state index is 9.85. The summed E-state index contributed by atoms with van der Waals surface area (Å²) in [7, 11) is 0. The number of nitrogens with zero attached hydrogens (tertiary/aromatic N) is 1. The summed E-state index contributed by atoms with van der Waals surface area (Å²) >= 11 is 0. The highest BCUT2D eigenvalue weighted by molar-refractivity contribution is 6.04. The molecule has 0 N–H and O–H groups in total. The van der Waals surface area contributed by atoms with Crippen molar-refractivity contribution in [3.05, 3.63) is 248 Å². The molecule has 0 amide bonds. The SMILES string of the molecule is [2H]c1c([2H])c(N(c2c([2H])c([2H])c(-c3cccc4ccccc34)c([2H])c2[2H])c2c([2H])c([2H])c(-c3c(-c4ccccc4)ccc4ccccc34)c([2H])c2[2H])c([2H])c([2H])c1-c1ccc(-c2cccc3ccccc23)cc1. The van der Waals surface area contributed by atoms with Crippen molar-refractivity contribution < 1.29 is 16.4 Å². The van der Waals surface area contributed by atoms with Crippen LogP contribution in [0.2, 0.25) is 0 Å². The molecule has 0 bridgehead atoms. The third kappa shape index (κ3) is 6.83. The van der Waals surface area contributed by atoms with Crippen LogP contribution in [0.1, 0.15) is 16.4 Å². The lowest BCUT2D eigenvalue weighted by Crippen LogP contribution is -2.09. The molecule has 0 aliphatic heterocycles. The average Bonchev–Trinajstić information content (AvgIpc) is 3.42. The number of anilines is 3.